The van der Waals surface area contributed by atoms with E-state index in [0.29, 0.717) is 13.0 Å². The summed E-state index contributed by atoms with van der Waals surface area (Å²) in [7, 11) is 1.84. The first kappa shape index (κ1) is 12.9. The number of nitriles is 1. The molecular weight excluding hydrogens is 236 g/mol. The molecule has 0 aliphatic heterocycles. The molecule has 2 rings (SSSR count). The first-order chi connectivity index (χ1) is 9.35. The molecule has 1 N–H and O–H groups in total. The molecule has 1 heterocycles. The number of benzene rings is 1. The van der Waals surface area contributed by atoms with E-state index in [-0.39, 0.29) is 0 Å². The Morgan fingerprint density at radius 2 is 1.95 bits per heavy atom. The summed E-state index contributed by atoms with van der Waals surface area (Å²) in [6, 6.07) is 18.0. The van der Waals surface area contributed by atoms with Crippen molar-refractivity contribution in [2.45, 2.75) is 6.42 Å². The van der Waals surface area contributed by atoms with Gasteiger partial charge >= 0.3 is 0 Å². The van der Waals surface area contributed by atoms with Crippen molar-refractivity contribution in [1.82, 2.24) is 4.98 Å². The minimum Gasteiger partial charge on any atom is -0.373 e. The largest absolute Gasteiger partial charge is 0.373 e. The maximum Gasteiger partial charge on any atom is 0.135 e. The number of hydrogen-bond acceptors (Lipinski definition) is 4. The molecule has 0 aliphatic carbocycles. The van der Waals surface area contributed by atoms with Gasteiger partial charge in [0.1, 0.15) is 11.6 Å². The number of hydrogen-bond donors (Lipinski definition) is 1. The van der Waals surface area contributed by atoms with Gasteiger partial charge in [0.25, 0.3) is 0 Å². The normalized spacial score (nSPS) is 9.68. The van der Waals surface area contributed by atoms with Crippen LogP contribution in [0, 0.1) is 11.3 Å². The fraction of sp³-hybridized carbons (Fsp3) is 0.200. The van der Waals surface area contributed by atoms with Crippen LogP contribution in [-0.2, 0) is 0 Å². The van der Waals surface area contributed by atoms with Gasteiger partial charge in [-0.3, -0.25) is 0 Å². The molecule has 0 aliphatic rings. The van der Waals surface area contributed by atoms with E-state index in [1.54, 1.807) is 0 Å². The van der Waals surface area contributed by atoms with E-state index >= 15 is 0 Å². The summed E-state index contributed by atoms with van der Waals surface area (Å²) >= 11 is 0. The third-order valence-corrected chi connectivity index (χ3v) is 2.78. The number of nitrogens with zero attached hydrogens (tertiary/aromatic N) is 3. The fourth-order valence-corrected chi connectivity index (χ4v) is 1.86. The highest BCUT2D eigenvalue weighted by molar-refractivity contribution is 5.61. The molecular formula is C15H16N4. The van der Waals surface area contributed by atoms with E-state index in [0.717, 1.165) is 17.3 Å². The predicted molar refractivity (Wildman–Crippen MR) is 77.5 cm³/mol. The van der Waals surface area contributed by atoms with E-state index in [1.807, 2.05) is 60.5 Å². The lowest BCUT2D eigenvalue weighted by molar-refractivity contribution is 0.927. The van der Waals surface area contributed by atoms with Gasteiger partial charge in [-0.2, -0.15) is 5.26 Å². The maximum atomic E-state index is 8.80. The van der Waals surface area contributed by atoms with Crippen molar-refractivity contribution in [2.24, 2.45) is 0 Å². The van der Waals surface area contributed by atoms with Gasteiger partial charge in [-0.25, -0.2) is 4.98 Å². The quantitative estimate of drug-likeness (QED) is 0.888. The maximum absolute atomic E-state index is 8.80. The molecule has 0 unspecified atom stereocenters. The molecule has 1 aromatic heterocycles. The van der Waals surface area contributed by atoms with E-state index in [2.05, 4.69) is 16.4 Å². The monoisotopic (exact) mass is 252 g/mol. The third kappa shape index (κ3) is 3.23. The molecule has 0 bridgehead atoms. The van der Waals surface area contributed by atoms with Crippen molar-refractivity contribution in [3.8, 4) is 6.07 Å². The van der Waals surface area contributed by atoms with Gasteiger partial charge in [0, 0.05) is 19.3 Å². The van der Waals surface area contributed by atoms with E-state index in [1.165, 1.54) is 0 Å². The topological polar surface area (TPSA) is 52.0 Å². The van der Waals surface area contributed by atoms with Crippen LogP contribution in [0.4, 0.5) is 17.3 Å². The van der Waals surface area contributed by atoms with Crippen LogP contribution in [0.2, 0.25) is 0 Å². The molecule has 4 nitrogen and oxygen atoms in total. The Morgan fingerprint density at radius 3 is 2.63 bits per heavy atom. The zero-order valence-corrected chi connectivity index (χ0v) is 10.9. The Balaban J connectivity index is 2.34. The van der Waals surface area contributed by atoms with Crippen LogP contribution in [0.25, 0.3) is 0 Å². The van der Waals surface area contributed by atoms with Crippen LogP contribution in [-0.4, -0.2) is 18.6 Å². The molecule has 2 aromatic rings. The summed E-state index contributed by atoms with van der Waals surface area (Å²) in [6.45, 7) is 0.626. The minimum atomic E-state index is 0.459. The molecule has 1 aromatic carbocycles. The molecule has 0 saturated heterocycles. The van der Waals surface area contributed by atoms with Gasteiger partial charge in [-0.15, -0.1) is 0 Å². The van der Waals surface area contributed by atoms with Crippen molar-refractivity contribution in [3.05, 3.63) is 48.5 Å². The lowest BCUT2D eigenvalue weighted by atomic mass is 10.2. The summed E-state index contributed by atoms with van der Waals surface area (Å²) in [6.07, 6.45) is 0.459. The van der Waals surface area contributed by atoms with Gasteiger partial charge in [0.2, 0.25) is 0 Å². The lowest BCUT2D eigenvalue weighted by Gasteiger charge is -2.23. The molecule has 0 radical (unpaired) electrons. The van der Waals surface area contributed by atoms with Crippen molar-refractivity contribution in [1.29, 1.82) is 5.26 Å². The second kappa shape index (κ2) is 6.41. The highest BCUT2D eigenvalue weighted by Gasteiger charge is 2.10. The molecule has 96 valence electrons. The summed E-state index contributed by atoms with van der Waals surface area (Å²) in [5.74, 6) is 1.66. The number of anilines is 3. The second-order valence-corrected chi connectivity index (χ2v) is 4.03. The molecule has 0 fully saturated rings. The third-order valence-electron chi connectivity index (χ3n) is 2.78. The number of rotatable bonds is 5. The molecule has 0 saturated carbocycles. The van der Waals surface area contributed by atoms with E-state index in [9.17, 15) is 0 Å². The molecule has 19 heavy (non-hydrogen) atoms. The van der Waals surface area contributed by atoms with Gasteiger partial charge in [-0.05, 0) is 24.3 Å². The standard InChI is InChI=1S/C15H16N4/c1-17-14-9-5-10-15(18-14)19(12-6-11-16)13-7-3-2-4-8-13/h2-5,7-10H,6,12H2,1H3,(H,17,18). The zero-order valence-electron chi connectivity index (χ0n) is 10.9. The number of pyridine rings is 1. The lowest BCUT2D eigenvalue weighted by Crippen LogP contribution is -2.19. The zero-order chi connectivity index (χ0) is 13.5. The van der Waals surface area contributed by atoms with Gasteiger partial charge in [-0.1, -0.05) is 24.3 Å². The molecule has 0 amide bonds. The van der Waals surface area contributed by atoms with Crippen LogP contribution in [0.3, 0.4) is 0 Å². The van der Waals surface area contributed by atoms with E-state index < -0.39 is 0 Å². The van der Waals surface area contributed by atoms with Crippen LogP contribution < -0.4 is 10.2 Å². The minimum absolute atomic E-state index is 0.459. The average Bonchev–Trinajstić information content (AvgIpc) is 2.49. The Kier molecular flexibility index (Phi) is 4.35. The van der Waals surface area contributed by atoms with Gasteiger partial charge in [0.05, 0.1) is 12.5 Å². The van der Waals surface area contributed by atoms with Crippen LogP contribution in [0.15, 0.2) is 48.5 Å². The Morgan fingerprint density at radius 1 is 1.16 bits per heavy atom. The number of nitrogens with one attached hydrogen (secondary N) is 1. The van der Waals surface area contributed by atoms with E-state index in [4.69, 9.17) is 5.26 Å². The first-order valence-electron chi connectivity index (χ1n) is 6.19. The SMILES string of the molecule is CNc1cccc(N(CCC#N)c2ccccc2)n1. The Labute approximate surface area is 113 Å². The molecule has 0 atom stereocenters. The highest BCUT2D eigenvalue weighted by Crippen LogP contribution is 2.24. The highest BCUT2D eigenvalue weighted by atomic mass is 15.2. The smallest absolute Gasteiger partial charge is 0.135 e. The second-order valence-electron chi connectivity index (χ2n) is 4.03. The molecule has 0 spiro atoms. The number of para-hydroxylation sites is 1. The van der Waals surface area contributed by atoms with Crippen LogP contribution in [0.1, 0.15) is 6.42 Å². The fourth-order valence-electron chi connectivity index (χ4n) is 1.86. The molecule has 4 heteroatoms. The van der Waals surface area contributed by atoms with Crippen molar-refractivity contribution in [3.63, 3.8) is 0 Å². The summed E-state index contributed by atoms with van der Waals surface area (Å²) in [5, 5.41) is 11.8. The van der Waals surface area contributed by atoms with Crippen molar-refractivity contribution < 1.29 is 0 Å². The van der Waals surface area contributed by atoms with Gasteiger partial charge in [0.15, 0.2) is 0 Å². The first-order valence-corrected chi connectivity index (χ1v) is 6.19. The summed E-state index contributed by atoms with van der Waals surface area (Å²) in [5.41, 5.74) is 1.04. The number of aromatic nitrogens is 1. The van der Waals surface area contributed by atoms with Crippen LogP contribution >= 0.6 is 0 Å². The van der Waals surface area contributed by atoms with Crippen LogP contribution in [0.5, 0.6) is 0 Å². The average molecular weight is 252 g/mol. The van der Waals surface area contributed by atoms with Crippen molar-refractivity contribution in [2.75, 3.05) is 23.8 Å². The van der Waals surface area contributed by atoms with Gasteiger partial charge < -0.3 is 10.2 Å². The Hall–Kier alpha value is -2.54. The Bertz CT molecular complexity index is 560. The summed E-state index contributed by atoms with van der Waals surface area (Å²) in [4.78, 5) is 6.57. The summed E-state index contributed by atoms with van der Waals surface area (Å²) < 4.78 is 0. The predicted octanol–water partition coefficient (Wildman–Crippen LogP) is 3.18. The van der Waals surface area contributed by atoms with Crippen molar-refractivity contribution >= 4 is 17.3 Å².